The van der Waals surface area contributed by atoms with Crippen LogP contribution in [0.2, 0.25) is 0 Å². The van der Waals surface area contributed by atoms with Gasteiger partial charge in [-0.25, -0.2) is 0 Å². The summed E-state index contributed by atoms with van der Waals surface area (Å²) in [5.41, 5.74) is 0.908. The minimum absolute atomic E-state index is 0.0542. The molecule has 22 heavy (non-hydrogen) atoms. The molecule has 0 fully saturated rings. The van der Waals surface area contributed by atoms with E-state index in [0.29, 0.717) is 6.42 Å². The molecule has 0 bridgehead atoms. The van der Waals surface area contributed by atoms with E-state index in [4.69, 9.17) is 4.74 Å². The molecule has 0 saturated carbocycles. The van der Waals surface area contributed by atoms with Gasteiger partial charge in [0.25, 0.3) is 0 Å². The van der Waals surface area contributed by atoms with Gasteiger partial charge in [0.15, 0.2) is 0 Å². The standard InChI is InChI=1S/C17H26N2O3/c1-13(2)22-17(21)12-15(14-8-5-4-6-9-14)19-16(20)10-7-11-18-3/h4-6,8-9,13,15,18H,7,10-12H2,1-3H3,(H,19,20). The Morgan fingerprint density at radius 3 is 2.45 bits per heavy atom. The summed E-state index contributed by atoms with van der Waals surface area (Å²) in [6, 6.07) is 9.14. The average molecular weight is 306 g/mol. The molecule has 1 atom stereocenters. The molecule has 0 aliphatic rings. The lowest BCUT2D eigenvalue weighted by Gasteiger charge is -2.19. The normalized spacial score (nSPS) is 12.0. The molecule has 0 heterocycles. The Kier molecular flexibility index (Phi) is 8.22. The number of esters is 1. The van der Waals surface area contributed by atoms with Crippen molar-refractivity contribution in [3.8, 4) is 0 Å². The number of hydrogen-bond donors (Lipinski definition) is 2. The monoisotopic (exact) mass is 306 g/mol. The molecule has 0 aliphatic heterocycles. The molecule has 122 valence electrons. The van der Waals surface area contributed by atoms with Crippen LogP contribution in [0.4, 0.5) is 0 Å². The van der Waals surface area contributed by atoms with Gasteiger partial charge in [-0.15, -0.1) is 0 Å². The van der Waals surface area contributed by atoms with Crippen molar-refractivity contribution >= 4 is 11.9 Å². The van der Waals surface area contributed by atoms with Gasteiger partial charge in [0.1, 0.15) is 0 Å². The predicted molar refractivity (Wildman–Crippen MR) is 86.3 cm³/mol. The molecule has 1 aromatic carbocycles. The van der Waals surface area contributed by atoms with Crippen LogP contribution in [0.3, 0.4) is 0 Å². The summed E-state index contributed by atoms with van der Waals surface area (Å²) >= 11 is 0. The van der Waals surface area contributed by atoms with Gasteiger partial charge in [-0.1, -0.05) is 30.3 Å². The second-order valence-corrected chi connectivity index (χ2v) is 5.48. The van der Waals surface area contributed by atoms with Crippen LogP contribution < -0.4 is 10.6 Å². The minimum Gasteiger partial charge on any atom is -0.463 e. The smallest absolute Gasteiger partial charge is 0.308 e. The first kappa shape index (κ1) is 18.2. The fraction of sp³-hybridized carbons (Fsp3) is 0.529. The topological polar surface area (TPSA) is 67.4 Å². The molecule has 1 unspecified atom stereocenters. The fourth-order valence-corrected chi connectivity index (χ4v) is 2.11. The summed E-state index contributed by atoms with van der Waals surface area (Å²) in [4.78, 5) is 23.9. The van der Waals surface area contributed by atoms with Crippen molar-refractivity contribution in [2.75, 3.05) is 13.6 Å². The van der Waals surface area contributed by atoms with Crippen molar-refractivity contribution in [1.29, 1.82) is 0 Å². The molecule has 5 nitrogen and oxygen atoms in total. The van der Waals surface area contributed by atoms with Crippen LogP contribution in [0.15, 0.2) is 30.3 Å². The van der Waals surface area contributed by atoms with Gasteiger partial charge >= 0.3 is 5.97 Å². The summed E-state index contributed by atoms with van der Waals surface area (Å²) in [5, 5.41) is 5.94. The predicted octanol–water partition coefficient (Wildman–Crippen LogP) is 2.19. The highest BCUT2D eigenvalue weighted by molar-refractivity contribution is 5.78. The Labute approximate surface area is 132 Å². The van der Waals surface area contributed by atoms with Crippen LogP contribution in [0.1, 0.15) is 44.7 Å². The molecule has 1 aromatic rings. The third-order valence-electron chi connectivity index (χ3n) is 3.11. The summed E-state index contributed by atoms with van der Waals surface area (Å²) in [6.07, 6.45) is 1.18. The number of rotatable bonds is 9. The van der Waals surface area contributed by atoms with E-state index < -0.39 is 0 Å². The van der Waals surface area contributed by atoms with Gasteiger partial charge in [0, 0.05) is 6.42 Å². The van der Waals surface area contributed by atoms with Crippen molar-refractivity contribution in [1.82, 2.24) is 10.6 Å². The molecule has 0 aromatic heterocycles. The van der Waals surface area contributed by atoms with Crippen LogP contribution in [0.5, 0.6) is 0 Å². The van der Waals surface area contributed by atoms with Crippen LogP contribution >= 0.6 is 0 Å². The molecule has 1 amide bonds. The molecule has 1 rings (SSSR count). The maximum absolute atomic E-state index is 12.0. The maximum atomic E-state index is 12.0. The first-order valence-corrected chi connectivity index (χ1v) is 7.71. The number of benzene rings is 1. The molecule has 0 saturated heterocycles. The molecular weight excluding hydrogens is 280 g/mol. The van der Waals surface area contributed by atoms with E-state index in [1.54, 1.807) is 0 Å². The molecule has 0 aliphatic carbocycles. The van der Waals surface area contributed by atoms with E-state index >= 15 is 0 Å². The lowest BCUT2D eigenvalue weighted by Crippen LogP contribution is -2.31. The highest BCUT2D eigenvalue weighted by atomic mass is 16.5. The fourth-order valence-electron chi connectivity index (χ4n) is 2.11. The lowest BCUT2D eigenvalue weighted by molar-refractivity contribution is -0.148. The van der Waals surface area contributed by atoms with Gasteiger partial charge in [0.05, 0.1) is 18.6 Å². The van der Waals surface area contributed by atoms with Crippen LogP contribution in [0, 0.1) is 0 Å². The summed E-state index contributed by atoms with van der Waals surface area (Å²) < 4.78 is 5.18. The average Bonchev–Trinajstić information content (AvgIpc) is 2.47. The van der Waals surface area contributed by atoms with Crippen LogP contribution in [-0.2, 0) is 14.3 Å². The van der Waals surface area contributed by atoms with Crippen molar-refractivity contribution in [2.24, 2.45) is 0 Å². The van der Waals surface area contributed by atoms with Gasteiger partial charge in [-0.2, -0.15) is 0 Å². The minimum atomic E-state index is -0.352. The Hall–Kier alpha value is -1.88. The van der Waals surface area contributed by atoms with Gasteiger partial charge in [0.2, 0.25) is 5.91 Å². The SMILES string of the molecule is CNCCCC(=O)NC(CC(=O)OC(C)C)c1ccccc1. The largest absolute Gasteiger partial charge is 0.463 e. The maximum Gasteiger partial charge on any atom is 0.308 e. The van der Waals surface area contributed by atoms with E-state index in [2.05, 4.69) is 10.6 Å². The molecule has 0 spiro atoms. The zero-order valence-corrected chi connectivity index (χ0v) is 13.6. The van der Waals surface area contributed by atoms with E-state index in [0.717, 1.165) is 18.5 Å². The van der Waals surface area contributed by atoms with E-state index in [1.165, 1.54) is 0 Å². The molecular formula is C17H26N2O3. The van der Waals surface area contributed by atoms with E-state index in [9.17, 15) is 9.59 Å². The Morgan fingerprint density at radius 2 is 1.86 bits per heavy atom. The summed E-state index contributed by atoms with van der Waals surface area (Å²) in [7, 11) is 1.85. The number of nitrogens with one attached hydrogen (secondary N) is 2. The second kappa shape index (κ2) is 9.95. The zero-order chi connectivity index (χ0) is 16.4. The summed E-state index contributed by atoms with van der Waals surface area (Å²) in [5.74, 6) is -0.360. The number of carbonyl (C=O) groups excluding carboxylic acids is 2. The van der Waals surface area contributed by atoms with E-state index in [-0.39, 0.29) is 30.4 Å². The molecule has 5 heteroatoms. The van der Waals surface area contributed by atoms with Gasteiger partial charge in [-0.3, -0.25) is 9.59 Å². The van der Waals surface area contributed by atoms with Crippen molar-refractivity contribution in [2.45, 2.75) is 45.3 Å². The first-order valence-electron chi connectivity index (χ1n) is 7.71. The first-order chi connectivity index (χ1) is 10.5. The number of ether oxygens (including phenoxy) is 1. The second-order valence-electron chi connectivity index (χ2n) is 5.48. The van der Waals surface area contributed by atoms with Crippen LogP contribution in [-0.4, -0.2) is 31.6 Å². The van der Waals surface area contributed by atoms with Gasteiger partial charge in [-0.05, 0) is 39.4 Å². The summed E-state index contributed by atoms with van der Waals surface area (Å²) in [6.45, 7) is 4.41. The number of carbonyl (C=O) groups is 2. The number of hydrogen-bond acceptors (Lipinski definition) is 4. The van der Waals surface area contributed by atoms with E-state index in [1.807, 2.05) is 51.2 Å². The molecule has 0 radical (unpaired) electrons. The Morgan fingerprint density at radius 1 is 1.18 bits per heavy atom. The lowest BCUT2D eigenvalue weighted by atomic mass is 10.0. The van der Waals surface area contributed by atoms with Crippen LogP contribution in [0.25, 0.3) is 0 Å². The Bertz CT molecular complexity index is 460. The van der Waals surface area contributed by atoms with Crippen molar-refractivity contribution in [3.05, 3.63) is 35.9 Å². The number of amides is 1. The zero-order valence-electron chi connectivity index (χ0n) is 13.6. The third-order valence-corrected chi connectivity index (χ3v) is 3.11. The quantitative estimate of drug-likeness (QED) is 0.542. The molecule has 2 N–H and O–H groups in total. The highest BCUT2D eigenvalue weighted by Gasteiger charge is 2.19. The van der Waals surface area contributed by atoms with Crippen molar-refractivity contribution < 1.29 is 14.3 Å². The van der Waals surface area contributed by atoms with Crippen molar-refractivity contribution in [3.63, 3.8) is 0 Å². The Balaban J connectivity index is 2.66. The highest BCUT2D eigenvalue weighted by Crippen LogP contribution is 2.18. The van der Waals surface area contributed by atoms with Gasteiger partial charge < -0.3 is 15.4 Å². The third kappa shape index (κ3) is 7.22.